The number of aromatic nitrogens is 3. The van der Waals surface area contributed by atoms with Crippen molar-refractivity contribution >= 4 is 22.3 Å². The Morgan fingerprint density at radius 1 is 0.872 bits per heavy atom. The number of fused-ring (bicyclic) bond motifs is 3. The quantitative estimate of drug-likeness (QED) is 0.226. The number of amides is 1. The molecule has 0 atom stereocenters. The molecule has 0 radical (unpaired) electrons. The van der Waals surface area contributed by atoms with Gasteiger partial charge in [0.1, 0.15) is 12.0 Å². The summed E-state index contributed by atoms with van der Waals surface area (Å²) >= 11 is 0. The van der Waals surface area contributed by atoms with Gasteiger partial charge in [0.15, 0.2) is 5.65 Å². The van der Waals surface area contributed by atoms with Gasteiger partial charge in [-0.3, -0.25) is 9.20 Å². The lowest BCUT2D eigenvalue weighted by atomic mass is 9.93. The standard InChI is InChI=1S/C28H20F6N4O/c1-16-7-3-4-8-20(16)23-21-9-5-6-10-22(21)25-36-35-15-38(25)24(23)26(39)37(2)14-17-11-18(27(29,30)31)13-19(12-17)28(32,33)34/h3-13,15H,14H2,1-2H3. The van der Waals surface area contributed by atoms with E-state index >= 15 is 0 Å². The number of carbonyl (C=O) groups is 1. The Balaban J connectivity index is 1.68. The fraction of sp³-hybridized carbons (Fsp3) is 0.179. The number of benzene rings is 3. The summed E-state index contributed by atoms with van der Waals surface area (Å²) in [6.45, 7) is 1.37. The van der Waals surface area contributed by atoms with Crippen LogP contribution < -0.4 is 0 Å². The van der Waals surface area contributed by atoms with Crippen LogP contribution in [0.15, 0.2) is 73.1 Å². The molecule has 3 aromatic carbocycles. The molecule has 2 heterocycles. The smallest absolute Gasteiger partial charge is 0.336 e. The van der Waals surface area contributed by atoms with Crippen LogP contribution in [0.1, 0.15) is 32.7 Å². The van der Waals surface area contributed by atoms with Crippen molar-refractivity contribution in [3.63, 3.8) is 0 Å². The Kier molecular flexibility index (Phi) is 6.32. The Morgan fingerprint density at radius 3 is 2.08 bits per heavy atom. The minimum atomic E-state index is -5.00. The lowest BCUT2D eigenvalue weighted by Gasteiger charge is -2.23. The summed E-state index contributed by atoms with van der Waals surface area (Å²) in [5.74, 6) is -0.630. The Bertz CT molecular complexity index is 1690. The van der Waals surface area contributed by atoms with Gasteiger partial charge in [0.05, 0.1) is 11.1 Å². The van der Waals surface area contributed by atoms with Gasteiger partial charge in [-0.1, -0.05) is 48.5 Å². The molecule has 5 nitrogen and oxygen atoms in total. The van der Waals surface area contributed by atoms with Gasteiger partial charge in [0, 0.05) is 24.5 Å². The van der Waals surface area contributed by atoms with Gasteiger partial charge in [0.25, 0.3) is 5.91 Å². The highest BCUT2D eigenvalue weighted by Crippen LogP contribution is 2.38. The molecule has 0 unspecified atom stereocenters. The first-order valence-corrected chi connectivity index (χ1v) is 11.7. The molecule has 0 fully saturated rings. The Labute approximate surface area is 218 Å². The number of rotatable bonds is 4. The van der Waals surface area contributed by atoms with E-state index in [1.165, 1.54) is 17.8 Å². The van der Waals surface area contributed by atoms with Gasteiger partial charge in [-0.15, -0.1) is 10.2 Å². The first kappa shape index (κ1) is 26.2. The summed E-state index contributed by atoms with van der Waals surface area (Å²) in [5, 5.41) is 9.54. The molecule has 0 bridgehead atoms. The summed E-state index contributed by atoms with van der Waals surface area (Å²) in [6.07, 6.45) is -8.64. The molecule has 0 aliphatic rings. The number of alkyl halides is 6. The van der Waals surface area contributed by atoms with Crippen LogP contribution in [0.4, 0.5) is 26.3 Å². The van der Waals surface area contributed by atoms with Gasteiger partial charge in [-0.2, -0.15) is 26.3 Å². The molecule has 11 heteroatoms. The van der Waals surface area contributed by atoms with E-state index in [-0.39, 0.29) is 17.3 Å². The Hall–Kier alpha value is -4.41. The van der Waals surface area contributed by atoms with Crippen molar-refractivity contribution in [2.24, 2.45) is 0 Å². The van der Waals surface area contributed by atoms with Crippen molar-refractivity contribution in [1.29, 1.82) is 0 Å². The monoisotopic (exact) mass is 542 g/mol. The van der Waals surface area contributed by atoms with Crippen LogP contribution in [0, 0.1) is 6.92 Å². The molecule has 2 aromatic heterocycles. The minimum Gasteiger partial charge on any atom is -0.336 e. The number of hydrogen-bond donors (Lipinski definition) is 0. The molecular weight excluding hydrogens is 522 g/mol. The van der Waals surface area contributed by atoms with E-state index in [1.54, 1.807) is 6.07 Å². The number of halogens is 6. The SMILES string of the molecule is Cc1ccccc1-c1c(C(=O)N(C)Cc2cc(C(F)(F)F)cc(C(F)(F)F)c2)n2cnnc2c2ccccc12. The number of pyridine rings is 1. The van der Waals surface area contributed by atoms with E-state index in [4.69, 9.17) is 0 Å². The second-order valence-corrected chi connectivity index (χ2v) is 9.18. The zero-order valence-corrected chi connectivity index (χ0v) is 20.6. The van der Waals surface area contributed by atoms with Gasteiger partial charge in [0.2, 0.25) is 0 Å². The van der Waals surface area contributed by atoms with Crippen molar-refractivity contribution in [2.75, 3.05) is 7.05 Å². The molecule has 5 aromatic rings. The molecule has 0 saturated carbocycles. The van der Waals surface area contributed by atoms with Crippen molar-refractivity contribution in [1.82, 2.24) is 19.5 Å². The third kappa shape index (κ3) is 4.80. The fourth-order valence-electron chi connectivity index (χ4n) is 4.70. The number of nitrogens with zero attached hydrogens (tertiary/aromatic N) is 4. The molecule has 0 spiro atoms. The zero-order valence-electron chi connectivity index (χ0n) is 20.6. The van der Waals surface area contributed by atoms with E-state index in [9.17, 15) is 31.1 Å². The molecule has 39 heavy (non-hydrogen) atoms. The molecule has 0 N–H and O–H groups in total. The van der Waals surface area contributed by atoms with E-state index < -0.39 is 35.9 Å². The maximum absolute atomic E-state index is 14.0. The van der Waals surface area contributed by atoms with Crippen molar-refractivity contribution < 1.29 is 31.1 Å². The van der Waals surface area contributed by atoms with Gasteiger partial charge >= 0.3 is 12.4 Å². The lowest BCUT2D eigenvalue weighted by Crippen LogP contribution is -2.29. The van der Waals surface area contributed by atoms with Crippen LogP contribution in [0.5, 0.6) is 0 Å². The van der Waals surface area contributed by atoms with Crippen molar-refractivity contribution in [2.45, 2.75) is 25.8 Å². The molecule has 5 rings (SSSR count). The normalized spacial score (nSPS) is 12.3. The fourth-order valence-corrected chi connectivity index (χ4v) is 4.70. The summed E-state index contributed by atoms with van der Waals surface area (Å²) in [7, 11) is 1.32. The summed E-state index contributed by atoms with van der Waals surface area (Å²) < 4.78 is 81.9. The molecule has 1 amide bonds. The van der Waals surface area contributed by atoms with Gasteiger partial charge in [-0.05, 0) is 47.2 Å². The largest absolute Gasteiger partial charge is 0.416 e. The topological polar surface area (TPSA) is 50.5 Å². The third-order valence-electron chi connectivity index (χ3n) is 6.49. The third-order valence-corrected chi connectivity index (χ3v) is 6.49. The summed E-state index contributed by atoms with van der Waals surface area (Å²) in [6, 6.07) is 16.0. The zero-order chi connectivity index (χ0) is 28.1. The lowest BCUT2D eigenvalue weighted by molar-refractivity contribution is -0.143. The number of hydrogen-bond acceptors (Lipinski definition) is 3. The average molecular weight is 542 g/mol. The predicted molar refractivity (Wildman–Crippen MR) is 133 cm³/mol. The molecular formula is C28H20F6N4O. The highest BCUT2D eigenvalue weighted by atomic mass is 19.4. The first-order chi connectivity index (χ1) is 18.4. The van der Waals surface area contributed by atoms with Crippen LogP contribution in [0.2, 0.25) is 0 Å². The van der Waals surface area contributed by atoms with E-state index in [1.807, 2.05) is 49.4 Å². The molecule has 0 saturated heterocycles. The predicted octanol–water partition coefficient (Wildman–Crippen LogP) is 7.17. The van der Waals surface area contributed by atoms with Crippen LogP contribution in [0.3, 0.4) is 0 Å². The summed E-state index contributed by atoms with van der Waals surface area (Å²) in [4.78, 5) is 15.1. The second-order valence-electron chi connectivity index (χ2n) is 9.18. The van der Waals surface area contributed by atoms with Crippen LogP contribution >= 0.6 is 0 Å². The van der Waals surface area contributed by atoms with Gasteiger partial charge in [-0.25, -0.2) is 0 Å². The maximum Gasteiger partial charge on any atom is 0.416 e. The van der Waals surface area contributed by atoms with Crippen LogP contribution in [-0.2, 0) is 18.9 Å². The van der Waals surface area contributed by atoms with Gasteiger partial charge < -0.3 is 4.90 Å². The van der Waals surface area contributed by atoms with Crippen LogP contribution in [-0.4, -0.2) is 32.5 Å². The van der Waals surface area contributed by atoms with E-state index in [0.717, 1.165) is 21.4 Å². The molecule has 200 valence electrons. The highest BCUT2D eigenvalue weighted by molar-refractivity contribution is 6.12. The van der Waals surface area contributed by atoms with E-state index in [2.05, 4.69) is 10.2 Å². The van der Waals surface area contributed by atoms with Crippen LogP contribution in [0.25, 0.3) is 27.5 Å². The number of carbonyl (C=O) groups excluding carboxylic acids is 1. The minimum absolute atomic E-state index is 0.0611. The average Bonchev–Trinajstić information content (AvgIpc) is 3.37. The van der Waals surface area contributed by atoms with E-state index in [0.29, 0.717) is 28.7 Å². The maximum atomic E-state index is 14.0. The second kappa shape index (κ2) is 9.40. The molecule has 0 aliphatic heterocycles. The summed E-state index contributed by atoms with van der Waals surface area (Å²) in [5.41, 5.74) is -0.536. The van der Waals surface area contributed by atoms with Crippen molar-refractivity contribution in [3.05, 3.63) is 101 Å². The first-order valence-electron chi connectivity index (χ1n) is 11.7. The number of aryl methyl sites for hydroxylation is 1. The van der Waals surface area contributed by atoms with Crippen molar-refractivity contribution in [3.8, 4) is 11.1 Å². The Morgan fingerprint density at radius 2 is 1.46 bits per heavy atom. The molecule has 0 aliphatic carbocycles. The highest BCUT2D eigenvalue weighted by Gasteiger charge is 2.37.